The van der Waals surface area contributed by atoms with Gasteiger partial charge in [-0.1, -0.05) is 50.1 Å². The van der Waals surface area contributed by atoms with Gasteiger partial charge >= 0.3 is 11.9 Å². The van der Waals surface area contributed by atoms with E-state index in [4.69, 9.17) is 30.5 Å². The molecule has 0 rings (SSSR count). The van der Waals surface area contributed by atoms with Gasteiger partial charge in [-0.15, -0.1) is 0 Å². The first kappa shape index (κ1) is 24.1. The molecule has 0 aromatic carbocycles. The molecule has 0 aliphatic heterocycles. The van der Waals surface area contributed by atoms with Gasteiger partial charge in [-0.05, 0) is 12.8 Å². The van der Waals surface area contributed by atoms with Crippen LogP contribution in [0, 0.1) is 0 Å². The molecule has 0 saturated heterocycles. The molecule has 148 valence electrons. The minimum absolute atomic E-state index is 0.0326. The van der Waals surface area contributed by atoms with Crippen molar-refractivity contribution >= 4 is 23.5 Å². The molecular weight excluding hydrogens is 348 g/mol. The van der Waals surface area contributed by atoms with E-state index < -0.39 is 18.0 Å². The number of unbranched alkanes of at least 4 members (excludes halogenated alkanes) is 7. The lowest BCUT2D eigenvalue weighted by Gasteiger charge is -2.16. The maximum Gasteiger partial charge on any atom is 0.303 e. The maximum atomic E-state index is 11.0. The fourth-order valence-corrected chi connectivity index (χ4v) is 2.41. The molecule has 0 aliphatic rings. The van der Waals surface area contributed by atoms with Crippen molar-refractivity contribution in [3.8, 4) is 0 Å². The van der Waals surface area contributed by atoms with Gasteiger partial charge in [-0.25, -0.2) is 0 Å². The minimum Gasteiger partial charge on any atom is -0.462 e. The van der Waals surface area contributed by atoms with Crippen molar-refractivity contribution in [2.75, 3.05) is 32.5 Å². The summed E-state index contributed by atoms with van der Waals surface area (Å²) in [7, 11) is 0. The van der Waals surface area contributed by atoms with Crippen LogP contribution < -0.4 is 0 Å². The van der Waals surface area contributed by atoms with Crippen LogP contribution >= 0.6 is 11.6 Å². The van der Waals surface area contributed by atoms with Gasteiger partial charge in [0.25, 0.3) is 0 Å². The molecular formula is C18H33ClO6. The molecule has 25 heavy (non-hydrogen) atoms. The largest absolute Gasteiger partial charge is 0.462 e. The van der Waals surface area contributed by atoms with E-state index in [1.807, 2.05) is 0 Å². The van der Waals surface area contributed by atoms with E-state index >= 15 is 0 Å². The Morgan fingerprint density at radius 1 is 0.760 bits per heavy atom. The number of rotatable bonds is 17. The second-order valence-electron chi connectivity index (χ2n) is 5.95. The van der Waals surface area contributed by atoms with E-state index in [1.165, 1.54) is 46.0 Å². The summed E-state index contributed by atoms with van der Waals surface area (Å²) < 4.78 is 20.5. The summed E-state index contributed by atoms with van der Waals surface area (Å²) >= 11 is 5.43. The number of alkyl halides is 1. The second kappa shape index (κ2) is 18.0. The fourth-order valence-electron chi connectivity index (χ4n) is 2.30. The van der Waals surface area contributed by atoms with Crippen molar-refractivity contribution in [1.82, 2.24) is 0 Å². The Bertz CT molecular complexity index is 338. The first-order valence-corrected chi connectivity index (χ1v) is 9.61. The summed E-state index contributed by atoms with van der Waals surface area (Å²) in [5.74, 6) is -0.807. The van der Waals surface area contributed by atoms with E-state index in [0.29, 0.717) is 6.61 Å². The van der Waals surface area contributed by atoms with Crippen molar-refractivity contribution < 1.29 is 28.5 Å². The Hall–Kier alpha value is -0.850. The van der Waals surface area contributed by atoms with Crippen LogP contribution in [-0.2, 0) is 28.5 Å². The van der Waals surface area contributed by atoms with E-state index in [9.17, 15) is 9.59 Å². The number of hydrogen-bond acceptors (Lipinski definition) is 6. The molecule has 0 spiro atoms. The van der Waals surface area contributed by atoms with Crippen molar-refractivity contribution in [2.24, 2.45) is 0 Å². The molecule has 0 aliphatic carbocycles. The first-order chi connectivity index (χ1) is 12.1. The monoisotopic (exact) mass is 380 g/mol. The molecule has 0 amide bonds. The molecule has 0 heterocycles. The lowest BCUT2D eigenvalue weighted by Crippen LogP contribution is -2.28. The topological polar surface area (TPSA) is 71.1 Å². The van der Waals surface area contributed by atoms with E-state index in [-0.39, 0.29) is 19.3 Å². The van der Waals surface area contributed by atoms with Crippen molar-refractivity contribution in [1.29, 1.82) is 0 Å². The van der Waals surface area contributed by atoms with Gasteiger partial charge in [0.05, 0.1) is 6.61 Å². The van der Waals surface area contributed by atoms with Crippen molar-refractivity contribution in [2.45, 2.75) is 71.3 Å². The minimum atomic E-state index is -0.538. The number of hydrogen-bond donors (Lipinski definition) is 0. The average molecular weight is 381 g/mol. The van der Waals surface area contributed by atoms with Crippen LogP contribution in [0.2, 0.25) is 0 Å². The normalized spacial score (nSPS) is 12.0. The Morgan fingerprint density at radius 2 is 1.28 bits per heavy atom. The molecule has 0 N–H and O–H groups in total. The van der Waals surface area contributed by atoms with Gasteiger partial charge in [0, 0.05) is 27.1 Å². The molecule has 0 fully saturated rings. The van der Waals surface area contributed by atoms with Gasteiger partial charge in [-0.2, -0.15) is 0 Å². The number of carbonyl (C=O) groups is 2. The molecule has 7 heteroatoms. The van der Waals surface area contributed by atoms with Crippen LogP contribution in [0.1, 0.15) is 65.2 Å². The molecule has 1 unspecified atom stereocenters. The van der Waals surface area contributed by atoms with E-state index in [1.54, 1.807) is 0 Å². The predicted molar refractivity (Wildman–Crippen MR) is 96.6 cm³/mol. The second-order valence-corrected chi connectivity index (χ2v) is 6.17. The summed E-state index contributed by atoms with van der Waals surface area (Å²) in [6, 6.07) is 0.285. The summed E-state index contributed by atoms with van der Waals surface area (Å²) in [5.41, 5.74) is 0. The Kier molecular flexibility index (Phi) is 17.3. The van der Waals surface area contributed by atoms with Gasteiger partial charge in [-0.3, -0.25) is 9.59 Å². The highest BCUT2D eigenvalue weighted by Gasteiger charge is 2.14. The molecule has 0 saturated carbocycles. The summed E-state index contributed by atoms with van der Waals surface area (Å²) in [6.45, 7) is 4.30. The van der Waals surface area contributed by atoms with Crippen LogP contribution in [0.15, 0.2) is 0 Å². The standard InChI is InChI=1S/C18H33ClO6/c1-16(20)24-14-18(25-17(2)21)13-22-11-9-7-5-3-4-6-8-10-12-23-15-19/h18H,3-15H2,1-2H3. The number of ether oxygens (including phenoxy) is 4. The Labute approximate surface area is 156 Å². The molecule has 0 radical (unpaired) electrons. The third kappa shape index (κ3) is 19.3. The SMILES string of the molecule is CC(=O)OCC(COCCCCCCCCCCOCCl)OC(C)=O. The fraction of sp³-hybridized carbons (Fsp3) is 0.889. The van der Waals surface area contributed by atoms with Crippen LogP contribution in [0.25, 0.3) is 0 Å². The zero-order valence-electron chi connectivity index (χ0n) is 15.6. The first-order valence-electron chi connectivity index (χ1n) is 9.08. The van der Waals surface area contributed by atoms with Crippen molar-refractivity contribution in [3.63, 3.8) is 0 Å². The van der Waals surface area contributed by atoms with E-state index in [2.05, 4.69) is 0 Å². The summed E-state index contributed by atoms with van der Waals surface area (Å²) in [4.78, 5) is 21.8. The van der Waals surface area contributed by atoms with Crippen LogP contribution in [0.5, 0.6) is 0 Å². The van der Waals surface area contributed by atoms with Gasteiger partial charge < -0.3 is 18.9 Å². The molecule has 0 aromatic rings. The molecule has 1 atom stereocenters. The van der Waals surface area contributed by atoms with Gasteiger partial charge in [0.2, 0.25) is 0 Å². The third-order valence-corrected chi connectivity index (χ3v) is 3.67. The quantitative estimate of drug-likeness (QED) is 0.217. The van der Waals surface area contributed by atoms with Crippen LogP contribution in [-0.4, -0.2) is 50.5 Å². The number of esters is 2. The van der Waals surface area contributed by atoms with E-state index in [0.717, 1.165) is 25.9 Å². The smallest absolute Gasteiger partial charge is 0.303 e. The molecule has 6 nitrogen and oxygen atoms in total. The maximum absolute atomic E-state index is 11.0. The predicted octanol–water partition coefficient (Wildman–Crippen LogP) is 3.83. The molecule has 0 aromatic heterocycles. The van der Waals surface area contributed by atoms with Crippen LogP contribution in [0.4, 0.5) is 0 Å². The Morgan fingerprint density at radius 3 is 1.76 bits per heavy atom. The van der Waals surface area contributed by atoms with Gasteiger partial charge in [0.15, 0.2) is 6.10 Å². The van der Waals surface area contributed by atoms with Crippen LogP contribution in [0.3, 0.4) is 0 Å². The molecule has 0 bridgehead atoms. The lowest BCUT2D eigenvalue weighted by atomic mass is 10.1. The number of halogens is 1. The zero-order valence-corrected chi connectivity index (χ0v) is 16.4. The highest BCUT2D eigenvalue weighted by Crippen LogP contribution is 2.09. The highest BCUT2D eigenvalue weighted by molar-refractivity contribution is 6.17. The summed E-state index contributed by atoms with van der Waals surface area (Å²) in [5, 5.41) is 0. The summed E-state index contributed by atoms with van der Waals surface area (Å²) in [6.07, 6.45) is 8.75. The average Bonchev–Trinajstić information content (AvgIpc) is 2.56. The highest BCUT2D eigenvalue weighted by atomic mass is 35.5. The third-order valence-electron chi connectivity index (χ3n) is 3.51. The number of carbonyl (C=O) groups excluding carboxylic acids is 2. The van der Waals surface area contributed by atoms with Gasteiger partial charge in [0.1, 0.15) is 12.7 Å². The lowest BCUT2D eigenvalue weighted by molar-refractivity contribution is -0.159. The zero-order chi connectivity index (χ0) is 18.8. The van der Waals surface area contributed by atoms with Crippen molar-refractivity contribution in [3.05, 3.63) is 0 Å². The Balaban J connectivity index is 3.44.